The summed E-state index contributed by atoms with van der Waals surface area (Å²) in [5.41, 5.74) is 7.28. The number of rotatable bonds is 5. The monoisotopic (exact) mass is 264 g/mol. The smallest absolute Gasteiger partial charge is 0.124 e. The van der Waals surface area contributed by atoms with Gasteiger partial charge in [-0.25, -0.2) is 0 Å². The lowest BCUT2D eigenvalue weighted by Gasteiger charge is -2.22. The van der Waals surface area contributed by atoms with E-state index in [1.165, 1.54) is 25.9 Å². The van der Waals surface area contributed by atoms with E-state index >= 15 is 0 Å². The number of nitrogens with one attached hydrogen (secondary N) is 1. The predicted molar refractivity (Wildman–Crippen MR) is 78.9 cm³/mol. The molecule has 1 aromatic heterocycles. The van der Waals surface area contributed by atoms with Crippen molar-refractivity contribution < 1.29 is 0 Å². The van der Waals surface area contributed by atoms with Gasteiger partial charge in [0.2, 0.25) is 0 Å². The highest BCUT2D eigenvalue weighted by Gasteiger charge is 2.15. The molecule has 1 aromatic rings. The maximum absolute atomic E-state index is 5.67. The largest absolute Gasteiger partial charge is 0.388 e. The molecular weight excluding hydrogens is 244 g/mol. The van der Waals surface area contributed by atoms with Crippen LogP contribution < -0.4 is 11.1 Å². The fourth-order valence-corrected chi connectivity index (χ4v) is 2.54. The van der Waals surface area contributed by atoms with Gasteiger partial charge in [0.1, 0.15) is 10.7 Å². The Labute approximate surface area is 114 Å². The van der Waals surface area contributed by atoms with E-state index in [0.29, 0.717) is 16.7 Å². The molecule has 2 heterocycles. The van der Waals surface area contributed by atoms with Crippen LogP contribution in [0.3, 0.4) is 0 Å². The van der Waals surface area contributed by atoms with Gasteiger partial charge in [-0.05, 0) is 45.0 Å². The summed E-state index contributed by atoms with van der Waals surface area (Å²) in [6.45, 7) is 5.64. The molecule has 18 heavy (non-hydrogen) atoms. The fourth-order valence-electron chi connectivity index (χ4n) is 2.38. The first-order valence-corrected chi connectivity index (χ1v) is 6.81. The summed E-state index contributed by atoms with van der Waals surface area (Å²) in [6.07, 6.45) is 4.35. The number of likely N-dealkylation sites (tertiary alicyclic amines) is 1. The van der Waals surface area contributed by atoms with Gasteiger partial charge in [-0.2, -0.15) is 0 Å². The SMILES string of the molecule is CC(CN1CCCC1)Nc1cccnc1C(N)=S. The highest BCUT2D eigenvalue weighted by molar-refractivity contribution is 7.80. The Bertz CT molecular complexity index is 415. The molecule has 0 radical (unpaired) electrons. The van der Waals surface area contributed by atoms with Crippen LogP contribution in [-0.2, 0) is 0 Å². The number of anilines is 1. The lowest BCUT2D eigenvalue weighted by atomic mass is 10.2. The van der Waals surface area contributed by atoms with E-state index in [9.17, 15) is 0 Å². The van der Waals surface area contributed by atoms with E-state index in [4.69, 9.17) is 18.0 Å². The Morgan fingerprint density at radius 1 is 1.56 bits per heavy atom. The van der Waals surface area contributed by atoms with Crippen LogP contribution in [-0.4, -0.2) is 40.5 Å². The van der Waals surface area contributed by atoms with E-state index in [-0.39, 0.29) is 0 Å². The number of aromatic nitrogens is 1. The third-order valence-corrected chi connectivity index (χ3v) is 3.37. The zero-order valence-corrected chi connectivity index (χ0v) is 11.5. The summed E-state index contributed by atoms with van der Waals surface area (Å²) in [6, 6.07) is 4.23. The highest BCUT2D eigenvalue weighted by atomic mass is 32.1. The zero-order valence-electron chi connectivity index (χ0n) is 10.7. The summed E-state index contributed by atoms with van der Waals surface area (Å²) in [4.78, 5) is 7.04. The van der Waals surface area contributed by atoms with Gasteiger partial charge in [-0.1, -0.05) is 12.2 Å². The molecule has 1 atom stereocenters. The molecule has 1 aliphatic heterocycles. The maximum Gasteiger partial charge on any atom is 0.124 e. The standard InChI is InChI=1S/C13H20N4S/c1-10(9-17-7-2-3-8-17)16-11-5-4-6-15-12(11)13(14)18/h4-6,10,16H,2-3,7-9H2,1H3,(H2,14,18). The first-order valence-electron chi connectivity index (χ1n) is 6.40. The van der Waals surface area contributed by atoms with Crippen molar-refractivity contribution in [1.82, 2.24) is 9.88 Å². The molecular formula is C13H20N4S. The second-order valence-corrected chi connectivity index (χ2v) is 5.26. The Balaban J connectivity index is 1.97. The third kappa shape index (κ3) is 3.40. The molecule has 1 aliphatic rings. The molecule has 1 saturated heterocycles. The molecule has 0 aliphatic carbocycles. The fraction of sp³-hybridized carbons (Fsp3) is 0.538. The number of hydrogen-bond donors (Lipinski definition) is 2. The topological polar surface area (TPSA) is 54.2 Å². The molecule has 0 spiro atoms. The van der Waals surface area contributed by atoms with Crippen LogP contribution in [0.4, 0.5) is 5.69 Å². The summed E-state index contributed by atoms with van der Waals surface area (Å²) in [5.74, 6) is 0. The van der Waals surface area contributed by atoms with Crippen LogP contribution in [0.25, 0.3) is 0 Å². The normalized spacial score (nSPS) is 17.6. The van der Waals surface area contributed by atoms with Crippen LogP contribution in [0.15, 0.2) is 18.3 Å². The van der Waals surface area contributed by atoms with Gasteiger partial charge in [0.25, 0.3) is 0 Å². The van der Waals surface area contributed by atoms with Gasteiger partial charge >= 0.3 is 0 Å². The molecule has 98 valence electrons. The van der Waals surface area contributed by atoms with Crippen LogP contribution in [0.2, 0.25) is 0 Å². The molecule has 0 amide bonds. The minimum atomic E-state index is 0.339. The van der Waals surface area contributed by atoms with Crippen molar-refractivity contribution in [2.24, 2.45) is 5.73 Å². The second kappa shape index (κ2) is 6.11. The van der Waals surface area contributed by atoms with Crippen molar-refractivity contribution in [2.45, 2.75) is 25.8 Å². The molecule has 2 rings (SSSR count). The van der Waals surface area contributed by atoms with Crippen molar-refractivity contribution in [2.75, 3.05) is 25.0 Å². The van der Waals surface area contributed by atoms with Crippen molar-refractivity contribution in [3.05, 3.63) is 24.0 Å². The average molecular weight is 264 g/mol. The summed E-state index contributed by atoms with van der Waals surface area (Å²) in [5, 5.41) is 3.45. The quantitative estimate of drug-likeness (QED) is 0.791. The van der Waals surface area contributed by atoms with Gasteiger partial charge in [-0.15, -0.1) is 0 Å². The molecule has 1 fully saturated rings. The molecule has 1 unspecified atom stereocenters. The van der Waals surface area contributed by atoms with Crippen LogP contribution >= 0.6 is 12.2 Å². The molecule has 5 heteroatoms. The summed E-state index contributed by atoms with van der Waals surface area (Å²) in [7, 11) is 0. The van der Waals surface area contributed by atoms with Gasteiger partial charge in [-0.3, -0.25) is 4.98 Å². The molecule has 0 aromatic carbocycles. The van der Waals surface area contributed by atoms with Crippen LogP contribution in [0, 0.1) is 0 Å². The van der Waals surface area contributed by atoms with E-state index in [1.807, 2.05) is 12.1 Å². The molecule has 0 bridgehead atoms. The van der Waals surface area contributed by atoms with Gasteiger partial charge in [0.15, 0.2) is 0 Å². The Hall–Kier alpha value is -1.20. The Kier molecular flexibility index (Phi) is 4.49. The van der Waals surface area contributed by atoms with E-state index < -0.39 is 0 Å². The first kappa shape index (κ1) is 13.2. The lowest BCUT2D eigenvalue weighted by molar-refractivity contribution is 0.328. The summed E-state index contributed by atoms with van der Waals surface area (Å²) >= 11 is 5.01. The Morgan fingerprint density at radius 2 is 2.28 bits per heavy atom. The highest BCUT2D eigenvalue weighted by Crippen LogP contribution is 2.15. The van der Waals surface area contributed by atoms with Gasteiger partial charge in [0.05, 0.1) is 5.69 Å². The number of hydrogen-bond acceptors (Lipinski definition) is 4. The third-order valence-electron chi connectivity index (χ3n) is 3.17. The van der Waals surface area contributed by atoms with E-state index in [1.54, 1.807) is 6.20 Å². The zero-order chi connectivity index (χ0) is 13.0. The summed E-state index contributed by atoms with van der Waals surface area (Å²) < 4.78 is 0. The van der Waals surface area contributed by atoms with Crippen molar-refractivity contribution in [3.63, 3.8) is 0 Å². The van der Waals surface area contributed by atoms with Gasteiger partial charge < -0.3 is 16.0 Å². The van der Waals surface area contributed by atoms with Crippen LogP contribution in [0.5, 0.6) is 0 Å². The average Bonchev–Trinajstić information content (AvgIpc) is 2.82. The van der Waals surface area contributed by atoms with E-state index in [2.05, 4.69) is 22.1 Å². The lowest BCUT2D eigenvalue weighted by Crippen LogP contribution is -2.33. The number of nitrogens with zero attached hydrogens (tertiary/aromatic N) is 2. The predicted octanol–water partition coefficient (Wildman–Crippen LogP) is 1.61. The van der Waals surface area contributed by atoms with E-state index in [0.717, 1.165) is 12.2 Å². The van der Waals surface area contributed by atoms with Crippen molar-refractivity contribution in [1.29, 1.82) is 0 Å². The first-order chi connectivity index (χ1) is 8.66. The molecule has 4 nitrogen and oxygen atoms in total. The second-order valence-electron chi connectivity index (χ2n) is 4.82. The van der Waals surface area contributed by atoms with Crippen molar-refractivity contribution >= 4 is 22.9 Å². The minimum absolute atomic E-state index is 0.339. The molecule has 3 N–H and O–H groups in total. The van der Waals surface area contributed by atoms with Crippen LogP contribution in [0.1, 0.15) is 25.5 Å². The minimum Gasteiger partial charge on any atom is -0.388 e. The van der Waals surface area contributed by atoms with Crippen molar-refractivity contribution in [3.8, 4) is 0 Å². The molecule has 0 saturated carbocycles. The maximum atomic E-state index is 5.67. The number of nitrogens with two attached hydrogens (primary N) is 1. The number of thiocarbonyl (C=S) groups is 1. The number of pyridine rings is 1. The Morgan fingerprint density at radius 3 is 2.94 bits per heavy atom. The van der Waals surface area contributed by atoms with Gasteiger partial charge in [0, 0.05) is 18.8 Å².